The third-order valence-electron chi connectivity index (χ3n) is 4.45. The smallest absolute Gasteiger partial charge is 0.409 e. The van der Waals surface area contributed by atoms with E-state index < -0.39 is 0 Å². The predicted molar refractivity (Wildman–Crippen MR) is 99.3 cm³/mol. The van der Waals surface area contributed by atoms with Crippen LogP contribution < -0.4 is 5.32 Å². The van der Waals surface area contributed by atoms with Crippen LogP contribution in [0.25, 0.3) is 11.1 Å². The van der Waals surface area contributed by atoms with Crippen LogP contribution in [0.5, 0.6) is 5.75 Å². The molecule has 7 nitrogen and oxygen atoms in total. The van der Waals surface area contributed by atoms with Crippen LogP contribution in [0.15, 0.2) is 42.5 Å². The van der Waals surface area contributed by atoms with E-state index in [4.69, 9.17) is 4.74 Å². The summed E-state index contributed by atoms with van der Waals surface area (Å²) in [5.74, 6) is -0.163. The van der Waals surface area contributed by atoms with Crippen LogP contribution in [-0.4, -0.2) is 53.4 Å². The molecule has 3 N–H and O–H groups in total. The van der Waals surface area contributed by atoms with Crippen molar-refractivity contribution >= 4 is 12.0 Å². The number of carbonyl (C=O) groups excluding carboxylic acids is 2. The van der Waals surface area contributed by atoms with Gasteiger partial charge in [-0.05, 0) is 41.8 Å². The minimum Gasteiger partial charge on any atom is -0.508 e. The van der Waals surface area contributed by atoms with Crippen LogP contribution in [-0.2, 0) is 11.3 Å². The zero-order chi connectivity index (χ0) is 19.2. The first kappa shape index (κ1) is 18.7. The van der Waals surface area contributed by atoms with Crippen LogP contribution in [0.4, 0.5) is 4.79 Å². The minimum atomic E-state index is -0.337. The fourth-order valence-electron chi connectivity index (χ4n) is 2.91. The molecule has 0 spiro atoms. The van der Waals surface area contributed by atoms with Crippen molar-refractivity contribution in [1.82, 2.24) is 10.2 Å². The summed E-state index contributed by atoms with van der Waals surface area (Å²) in [4.78, 5) is 25.4. The van der Waals surface area contributed by atoms with Gasteiger partial charge in [-0.3, -0.25) is 4.79 Å². The zero-order valence-corrected chi connectivity index (χ0v) is 14.9. The number of cyclic esters (lactones) is 1. The quantitative estimate of drug-likeness (QED) is 0.723. The summed E-state index contributed by atoms with van der Waals surface area (Å²) in [6, 6.07) is 12.0. The predicted octanol–water partition coefficient (Wildman–Crippen LogP) is 2.12. The molecule has 1 saturated heterocycles. The van der Waals surface area contributed by atoms with Crippen LogP contribution in [0.1, 0.15) is 22.3 Å². The van der Waals surface area contributed by atoms with Crippen molar-refractivity contribution < 1.29 is 24.5 Å². The van der Waals surface area contributed by atoms with Gasteiger partial charge in [0.05, 0.1) is 13.2 Å². The highest BCUT2D eigenvalue weighted by Gasteiger charge is 2.19. The van der Waals surface area contributed by atoms with E-state index in [2.05, 4.69) is 5.32 Å². The Morgan fingerprint density at radius 1 is 1.15 bits per heavy atom. The molecular formula is C20H22N2O5. The highest BCUT2D eigenvalue weighted by Crippen LogP contribution is 2.26. The van der Waals surface area contributed by atoms with E-state index in [1.54, 1.807) is 29.2 Å². The lowest BCUT2D eigenvalue weighted by Gasteiger charge is -2.26. The Kier molecular flexibility index (Phi) is 5.93. The molecule has 142 valence electrons. The van der Waals surface area contributed by atoms with Crippen molar-refractivity contribution in [3.8, 4) is 16.9 Å². The summed E-state index contributed by atoms with van der Waals surface area (Å²) in [7, 11) is 0. The largest absolute Gasteiger partial charge is 0.508 e. The van der Waals surface area contributed by atoms with Crippen LogP contribution >= 0.6 is 0 Å². The van der Waals surface area contributed by atoms with Crippen molar-refractivity contribution in [1.29, 1.82) is 0 Å². The fraction of sp³-hybridized carbons (Fsp3) is 0.300. The SMILES string of the molecule is O=C(NCCN1CCCOC1=O)c1ccc(-c2ccc(O)c(CO)c2)cc1. The molecule has 0 radical (unpaired) electrons. The van der Waals surface area contributed by atoms with Gasteiger partial charge >= 0.3 is 6.09 Å². The van der Waals surface area contributed by atoms with Crippen LogP contribution in [0, 0.1) is 0 Å². The van der Waals surface area contributed by atoms with Crippen molar-refractivity contribution in [2.45, 2.75) is 13.0 Å². The van der Waals surface area contributed by atoms with Gasteiger partial charge in [0.2, 0.25) is 0 Å². The molecular weight excluding hydrogens is 348 g/mol. The van der Waals surface area contributed by atoms with E-state index in [0.717, 1.165) is 17.5 Å². The fourth-order valence-corrected chi connectivity index (χ4v) is 2.91. The van der Waals surface area contributed by atoms with E-state index in [0.29, 0.717) is 37.4 Å². The molecule has 1 aliphatic heterocycles. The van der Waals surface area contributed by atoms with Gasteiger partial charge in [0.25, 0.3) is 5.91 Å². The topological polar surface area (TPSA) is 99.1 Å². The summed E-state index contributed by atoms with van der Waals surface area (Å²) in [6.07, 6.45) is 0.465. The number of rotatable bonds is 6. The lowest BCUT2D eigenvalue weighted by Crippen LogP contribution is -2.42. The lowest BCUT2D eigenvalue weighted by atomic mass is 10.0. The molecule has 2 aromatic rings. The molecule has 2 amide bonds. The molecule has 1 fully saturated rings. The molecule has 0 saturated carbocycles. The van der Waals surface area contributed by atoms with Crippen molar-refractivity contribution in [3.63, 3.8) is 0 Å². The molecule has 0 aromatic heterocycles. The van der Waals surface area contributed by atoms with Crippen LogP contribution in [0.2, 0.25) is 0 Å². The lowest BCUT2D eigenvalue weighted by molar-refractivity contribution is 0.0719. The van der Waals surface area contributed by atoms with E-state index in [1.807, 2.05) is 12.1 Å². The number of phenols is 1. The van der Waals surface area contributed by atoms with Gasteiger partial charge in [-0.15, -0.1) is 0 Å². The highest BCUT2D eigenvalue weighted by atomic mass is 16.6. The number of hydrogen-bond donors (Lipinski definition) is 3. The van der Waals surface area contributed by atoms with E-state index >= 15 is 0 Å². The maximum absolute atomic E-state index is 12.2. The Hall–Kier alpha value is -3.06. The zero-order valence-electron chi connectivity index (χ0n) is 14.9. The maximum Gasteiger partial charge on any atom is 0.409 e. The first-order valence-electron chi connectivity index (χ1n) is 8.81. The monoisotopic (exact) mass is 370 g/mol. The second kappa shape index (κ2) is 8.55. The second-order valence-electron chi connectivity index (χ2n) is 6.29. The highest BCUT2D eigenvalue weighted by molar-refractivity contribution is 5.94. The Morgan fingerprint density at radius 2 is 1.89 bits per heavy atom. The standard InChI is InChI=1S/C20H22N2O5/c23-13-17-12-16(6-7-18(17)24)14-2-4-15(5-3-14)19(25)21-8-10-22-9-1-11-27-20(22)26/h2-7,12,23-24H,1,8-11,13H2,(H,21,25). The average molecular weight is 370 g/mol. The molecule has 0 bridgehead atoms. The molecule has 7 heteroatoms. The van der Waals surface area contributed by atoms with Gasteiger partial charge in [-0.1, -0.05) is 18.2 Å². The Balaban J connectivity index is 1.58. The Labute approximate surface area is 157 Å². The van der Waals surface area contributed by atoms with E-state index in [1.165, 1.54) is 6.07 Å². The Bertz CT molecular complexity index is 820. The van der Waals surface area contributed by atoms with E-state index in [9.17, 15) is 19.8 Å². The first-order chi connectivity index (χ1) is 13.1. The summed E-state index contributed by atoms with van der Waals surface area (Å²) in [6.45, 7) is 1.62. The molecule has 3 rings (SSSR count). The summed E-state index contributed by atoms with van der Waals surface area (Å²) < 4.78 is 4.95. The number of amides is 2. The first-order valence-corrected chi connectivity index (χ1v) is 8.81. The van der Waals surface area contributed by atoms with Crippen molar-refractivity contribution in [2.24, 2.45) is 0 Å². The number of hydrogen-bond acceptors (Lipinski definition) is 5. The van der Waals surface area contributed by atoms with Gasteiger partial charge in [-0.25, -0.2) is 4.79 Å². The van der Waals surface area contributed by atoms with E-state index in [-0.39, 0.29) is 24.4 Å². The van der Waals surface area contributed by atoms with Gasteiger partial charge in [-0.2, -0.15) is 0 Å². The number of nitrogens with one attached hydrogen (secondary N) is 1. The minimum absolute atomic E-state index is 0.0508. The number of benzene rings is 2. The van der Waals surface area contributed by atoms with Gasteiger partial charge in [0.15, 0.2) is 0 Å². The molecule has 1 aliphatic rings. The van der Waals surface area contributed by atoms with Gasteiger partial charge in [0.1, 0.15) is 5.75 Å². The second-order valence-corrected chi connectivity index (χ2v) is 6.29. The van der Waals surface area contributed by atoms with Crippen LogP contribution in [0.3, 0.4) is 0 Å². The summed E-state index contributed by atoms with van der Waals surface area (Å²) >= 11 is 0. The molecule has 27 heavy (non-hydrogen) atoms. The molecule has 0 unspecified atom stereocenters. The third-order valence-corrected chi connectivity index (χ3v) is 4.45. The summed E-state index contributed by atoms with van der Waals surface area (Å²) in [5, 5.41) is 21.7. The molecule has 1 heterocycles. The average Bonchev–Trinajstić information content (AvgIpc) is 2.70. The number of aliphatic hydroxyl groups excluding tert-OH is 1. The summed E-state index contributed by atoms with van der Waals surface area (Å²) in [5.41, 5.74) is 2.68. The number of aromatic hydroxyl groups is 1. The van der Waals surface area contributed by atoms with Crippen molar-refractivity contribution in [3.05, 3.63) is 53.6 Å². The van der Waals surface area contributed by atoms with Gasteiger partial charge in [0, 0.05) is 30.8 Å². The number of aliphatic hydroxyl groups is 1. The normalized spacial score (nSPS) is 14.0. The molecule has 0 aliphatic carbocycles. The number of nitrogens with zero attached hydrogens (tertiary/aromatic N) is 1. The third kappa shape index (κ3) is 4.57. The maximum atomic E-state index is 12.2. The van der Waals surface area contributed by atoms with Crippen molar-refractivity contribution in [2.75, 3.05) is 26.2 Å². The number of carbonyl (C=O) groups is 2. The Morgan fingerprint density at radius 3 is 2.59 bits per heavy atom. The number of ether oxygens (including phenoxy) is 1. The molecule has 2 aromatic carbocycles. The molecule has 0 atom stereocenters. The van der Waals surface area contributed by atoms with Gasteiger partial charge < -0.3 is 25.2 Å².